The maximum atomic E-state index is 11.8. The highest BCUT2D eigenvalue weighted by molar-refractivity contribution is 5.85. The van der Waals surface area contributed by atoms with Crippen LogP contribution in [-0.2, 0) is 21.4 Å². The minimum absolute atomic E-state index is 0. The molecule has 0 radical (unpaired) electrons. The molecule has 11 heteroatoms. The van der Waals surface area contributed by atoms with Gasteiger partial charge in [0.2, 0.25) is 5.91 Å². The first kappa shape index (κ1) is 25.7. The zero-order valence-electron chi connectivity index (χ0n) is 18.6. The molecule has 1 saturated carbocycles. The number of ether oxygens (including phenoxy) is 2. The molecule has 2 heterocycles. The SMILES string of the molecule is COc1cc(O)c2c3c1C[C@@H]1[C@@H]4CC[C@H](N[C@@H](CC(N)=O)C(=O)O)[C@H](O2)[C@]34CCN1C.Cl.Cl. The van der Waals surface area contributed by atoms with E-state index in [-0.39, 0.29) is 54.5 Å². The van der Waals surface area contributed by atoms with Crippen molar-refractivity contribution >= 4 is 36.7 Å². The van der Waals surface area contributed by atoms with Crippen LogP contribution in [0, 0.1) is 5.92 Å². The first-order valence-corrected chi connectivity index (χ1v) is 10.8. The number of aromatic hydroxyl groups is 1. The Morgan fingerprint density at radius 1 is 1.39 bits per heavy atom. The Morgan fingerprint density at radius 3 is 2.76 bits per heavy atom. The van der Waals surface area contributed by atoms with E-state index in [4.69, 9.17) is 15.2 Å². The number of halogens is 2. The molecule has 0 unspecified atom stereocenters. The van der Waals surface area contributed by atoms with E-state index >= 15 is 0 Å². The van der Waals surface area contributed by atoms with Gasteiger partial charge in [0.25, 0.3) is 0 Å². The summed E-state index contributed by atoms with van der Waals surface area (Å²) >= 11 is 0. The number of carbonyl (C=O) groups is 2. The normalized spacial score (nSPS) is 31.8. The van der Waals surface area contributed by atoms with Gasteiger partial charge in [0.15, 0.2) is 11.5 Å². The molecular formula is C22H31Cl2N3O6. The largest absolute Gasteiger partial charge is 0.504 e. The van der Waals surface area contributed by atoms with Gasteiger partial charge in [-0.25, -0.2) is 0 Å². The molecule has 5 rings (SSSR count). The Labute approximate surface area is 204 Å². The van der Waals surface area contributed by atoms with Crippen LogP contribution in [0.2, 0.25) is 0 Å². The number of carbonyl (C=O) groups excluding carboxylic acids is 1. The average molecular weight is 504 g/mol. The monoisotopic (exact) mass is 503 g/mol. The van der Waals surface area contributed by atoms with Crippen molar-refractivity contribution in [2.45, 2.75) is 61.7 Å². The van der Waals surface area contributed by atoms with Gasteiger partial charge in [-0.05, 0) is 45.2 Å². The molecule has 1 saturated heterocycles. The van der Waals surface area contributed by atoms with E-state index in [9.17, 15) is 19.8 Å². The average Bonchev–Trinajstić information content (AvgIpc) is 3.07. The highest BCUT2D eigenvalue weighted by Gasteiger charge is 2.66. The number of phenols is 1. The third kappa shape index (κ3) is 3.60. The molecule has 2 fully saturated rings. The van der Waals surface area contributed by atoms with Crippen molar-refractivity contribution < 1.29 is 29.3 Å². The number of hydrogen-bond acceptors (Lipinski definition) is 7. The maximum Gasteiger partial charge on any atom is 0.321 e. The van der Waals surface area contributed by atoms with Crippen LogP contribution in [0.5, 0.6) is 17.2 Å². The van der Waals surface area contributed by atoms with Crippen LogP contribution in [0.3, 0.4) is 0 Å². The highest BCUT2D eigenvalue weighted by Crippen LogP contribution is 2.65. The predicted octanol–water partition coefficient (Wildman–Crippen LogP) is 1.20. The van der Waals surface area contributed by atoms with Crippen molar-refractivity contribution in [3.63, 3.8) is 0 Å². The van der Waals surface area contributed by atoms with Crippen LogP contribution < -0.4 is 20.5 Å². The molecule has 1 aromatic carbocycles. The summed E-state index contributed by atoms with van der Waals surface area (Å²) in [7, 11) is 3.76. The van der Waals surface area contributed by atoms with Crippen LogP contribution in [0.1, 0.15) is 36.8 Å². The van der Waals surface area contributed by atoms with Gasteiger partial charge in [-0.2, -0.15) is 0 Å². The first-order valence-electron chi connectivity index (χ1n) is 10.8. The number of phenolic OH excluding ortho intramolecular Hbond substituents is 1. The smallest absolute Gasteiger partial charge is 0.321 e. The third-order valence-corrected chi connectivity index (χ3v) is 8.02. The summed E-state index contributed by atoms with van der Waals surface area (Å²) in [6.07, 6.45) is 2.72. The molecule has 4 aliphatic rings. The molecule has 1 aromatic rings. The number of methoxy groups -OCH3 is 1. The molecule has 184 valence electrons. The van der Waals surface area contributed by atoms with E-state index < -0.39 is 17.9 Å². The number of nitrogens with two attached hydrogens (primary N) is 1. The number of carboxylic acids is 1. The number of nitrogens with zero attached hydrogens (tertiary/aromatic N) is 1. The lowest BCUT2D eigenvalue weighted by Gasteiger charge is -2.59. The fourth-order valence-electron chi connectivity index (χ4n) is 6.82. The molecular weight excluding hydrogens is 473 g/mol. The number of primary amides is 1. The van der Waals surface area contributed by atoms with Gasteiger partial charge in [-0.1, -0.05) is 0 Å². The van der Waals surface area contributed by atoms with Gasteiger partial charge >= 0.3 is 5.97 Å². The summed E-state index contributed by atoms with van der Waals surface area (Å²) in [5, 5.41) is 23.5. The number of hydrogen-bond donors (Lipinski definition) is 4. The number of aliphatic carboxylic acids is 1. The molecule has 2 aliphatic carbocycles. The van der Waals surface area contributed by atoms with Gasteiger partial charge in [-0.15, -0.1) is 24.8 Å². The van der Waals surface area contributed by atoms with Crippen LogP contribution in [0.25, 0.3) is 0 Å². The molecule has 1 spiro atoms. The molecule has 9 nitrogen and oxygen atoms in total. The third-order valence-electron chi connectivity index (χ3n) is 8.02. The fourth-order valence-corrected chi connectivity index (χ4v) is 6.82. The minimum Gasteiger partial charge on any atom is -0.504 e. The lowest BCUT2D eigenvalue weighted by molar-refractivity contribution is -0.142. The number of amides is 1. The minimum atomic E-state index is -1.11. The van der Waals surface area contributed by atoms with Crippen molar-refractivity contribution in [2.75, 3.05) is 20.7 Å². The van der Waals surface area contributed by atoms with E-state index in [0.717, 1.165) is 43.4 Å². The topological polar surface area (TPSA) is 134 Å². The van der Waals surface area contributed by atoms with Crippen LogP contribution >= 0.6 is 24.8 Å². The van der Waals surface area contributed by atoms with Gasteiger partial charge in [0, 0.05) is 34.7 Å². The van der Waals surface area contributed by atoms with Crippen LogP contribution in [0.15, 0.2) is 6.07 Å². The second kappa shape index (κ2) is 9.02. The van der Waals surface area contributed by atoms with E-state index in [1.165, 1.54) is 0 Å². The molecule has 33 heavy (non-hydrogen) atoms. The zero-order valence-corrected chi connectivity index (χ0v) is 20.2. The fraction of sp³-hybridized carbons (Fsp3) is 0.636. The summed E-state index contributed by atoms with van der Waals surface area (Å²) in [4.78, 5) is 25.6. The highest BCUT2D eigenvalue weighted by atomic mass is 35.5. The van der Waals surface area contributed by atoms with Crippen LogP contribution in [-0.4, -0.2) is 71.9 Å². The van der Waals surface area contributed by atoms with Crippen molar-refractivity contribution in [1.29, 1.82) is 0 Å². The Bertz CT molecular complexity index is 963. The van der Waals surface area contributed by atoms with Gasteiger partial charge in [-0.3, -0.25) is 14.9 Å². The van der Waals surface area contributed by atoms with Crippen molar-refractivity contribution in [2.24, 2.45) is 11.7 Å². The van der Waals surface area contributed by atoms with E-state index in [2.05, 4.69) is 17.3 Å². The Morgan fingerprint density at radius 2 is 2.12 bits per heavy atom. The molecule has 0 aromatic heterocycles. The molecule has 2 bridgehead atoms. The maximum absolute atomic E-state index is 11.8. The second-order valence-electron chi connectivity index (χ2n) is 9.38. The number of likely N-dealkylation sites (tertiary alicyclic amines) is 1. The summed E-state index contributed by atoms with van der Waals surface area (Å²) < 4.78 is 12.1. The van der Waals surface area contributed by atoms with E-state index in [1.54, 1.807) is 13.2 Å². The number of benzene rings is 1. The predicted molar refractivity (Wildman–Crippen MR) is 125 cm³/mol. The summed E-state index contributed by atoms with van der Waals surface area (Å²) in [6, 6.07) is 0.604. The Balaban J connectivity index is 0.00000153. The quantitative estimate of drug-likeness (QED) is 0.454. The lowest BCUT2D eigenvalue weighted by atomic mass is 9.51. The molecule has 6 atom stereocenters. The standard InChI is InChI=1S/C22H29N3O6.2ClH/c1-25-6-5-22-11-3-4-12(24-13(21(28)29)8-17(23)27)20(22)31-19-15(26)9-16(30-2)10(18(19)22)7-14(11)25;;/h9,11-14,20,24,26H,3-8H2,1-2H3,(H2,23,27)(H,28,29);2*1H/t11-,12-,13-,14+,20-,22-;;/m0../s1. The van der Waals surface area contributed by atoms with Crippen LogP contribution in [0.4, 0.5) is 0 Å². The first-order chi connectivity index (χ1) is 14.8. The van der Waals surface area contributed by atoms with E-state index in [0.29, 0.717) is 23.5 Å². The van der Waals surface area contributed by atoms with Gasteiger partial charge in [0.05, 0.1) is 13.5 Å². The molecule has 1 amide bonds. The number of rotatable bonds is 6. The Hall–Kier alpha value is -1.94. The van der Waals surface area contributed by atoms with E-state index in [1.807, 2.05) is 0 Å². The molecule has 5 N–H and O–H groups in total. The van der Waals surface area contributed by atoms with Crippen molar-refractivity contribution in [3.8, 4) is 17.2 Å². The lowest BCUT2D eigenvalue weighted by Crippen LogP contribution is -2.69. The second-order valence-corrected chi connectivity index (χ2v) is 9.38. The number of likely N-dealkylation sites (N-methyl/N-ethyl adjacent to an activating group) is 1. The van der Waals surface area contributed by atoms with Gasteiger partial charge < -0.3 is 30.3 Å². The molecule has 2 aliphatic heterocycles. The summed E-state index contributed by atoms with van der Waals surface area (Å²) in [5.74, 6) is -0.196. The Kier molecular flexibility index (Phi) is 7.02. The number of carboxylic acid groups (broad SMARTS) is 1. The summed E-state index contributed by atoms with van der Waals surface area (Å²) in [5.41, 5.74) is 7.08. The van der Waals surface area contributed by atoms with Crippen molar-refractivity contribution in [3.05, 3.63) is 17.2 Å². The summed E-state index contributed by atoms with van der Waals surface area (Å²) in [6.45, 7) is 0.897. The van der Waals surface area contributed by atoms with Gasteiger partial charge in [0.1, 0.15) is 17.9 Å². The van der Waals surface area contributed by atoms with Crippen molar-refractivity contribution in [1.82, 2.24) is 10.2 Å². The number of piperidine rings is 1. The zero-order chi connectivity index (χ0) is 22.1. The number of nitrogens with one attached hydrogen (secondary N) is 1.